The van der Waals surface area contributed by atoms with Crippen molar-refractivity contribution in [3.63, 3.8) is 0 Å². The fourth-order valence-corrected chi connectivity index (χ4v) is 3.97. The smallest absolute Gasteiger partial charge is 0.159 e. The molecule has 0 bridgehead atoms. The number of hydrogen-bond donors (Lipinski definition) is 0. The summed E-state index contributed by atoms with van der Waals surface area (Å²) in [6.45, 7) is 7.66. The minimum atomic E-state index is -3.22. The minimum absolute atomic E-state index is 0.0846. The molecule has 0 spiro atoms. The third-order valence-electron chi connectivity index (χ3n) is 3.38. The Morgan fingerprint density at radius 2 is 1.95 bits per heavy atom. The molecule has 0 saturated carbocycles. The number of sulfone groups is 1. The average molecular weight is 312 g/mol. The van der Waals surface area contributed by atoms with Crippen LogP contribution < -0.4 is 4.74 Å². The summed E-state index contributed by atoms with van der Waals surface area (Å²) in [5, 5.41) is 0. The van der Waals surface area contributed by atoms with Crippen LogP contribution in [-0.2, 0) is 15.6 Å². The Hall–Kier alpha value is -1.36. The van der Waals surface area contributed by atoms with Gasteiger partial charge in [-0.1, -0.05) is 20.3 Å². The van der Waals surface area contributed by atoms with Crippen molar-refractivity contribution in [1.82, 2.24) is 0 Å². The van der Waals surface area contributed by atoms with Gasteiger partial charge >= 0.3 is 0 Å². The number of ketones is 1. The van der Waals surface area contributed by atoms with E-state index in [2.05, 4.69) is 0 Å². The summed E-state index contributed by atoms with van der Waals surface area (Å²) in [4.78, 5) is 11.5. The largest absolute Gasteiger partial charge is 0.494 e. The summed E-state index contributed by atoms with van der Waals surface area (Å²) in [6.07, 6.45) is 0.824. The quantitative estimate of drug-likeness (QED) is 0.691. The number of benzene rings is 1. The first-order valence-corrected chi connectivity index (χ1v) is 9.08. The van der Waals surface area contributed by atoms with Crippen LogP contribution in [0.25, 0.3) is 0 Å². The highest BCUT2D eigenvalue weighted by Gasteiger charge is 2.19. The predicted octanol–water partition coefficient (Wildman–Crippen LogP) is 3.25. The van der Waals surface area contributed by atoms with Gasteiger partial charge in [0, 0.05) is 11.1 Å². The molecule has 0 aliphatic heterocycles. The van der Waals surface area contributed by atoms with Gasteiger partial charge in [-0.05, 0) is 38.0 Å². The number of carbonyl (C=O) groups is 1. The fourth-order valence-electron chi connectivity index (χ4n) is 2.05. The lowest BCUT2D eigenvalue weighted by molar-refractivity contribution is 0.101. The van der Waals surface area contributed by atoms with Crippen molar-refractivity contribution in [2.24, 2.45) is 5.92 Å². The third kappa shape index (κ3) is 5.50. The number of Topliss-reactive ketones (excluding diaryl/α,β-unsaturated/α-hetero) is 1. The molecular weight excluding hydrogens is 288 g/mol. The van der Waals surface area contributed by atoms with Gasteiger partial charge in [0.05, 0.1) is 18.1 Å². The molecule has 0 radical (unpaired) electrons. The van der Waals surface area contributed by atoms with Gasteiger partial charge in [0.25, 0.3) is 0 Å². The highest BCUT2D eigenvalue weighted by Crippen LogP contribution is 2.24. The maximum absolute atomic E-state index is 12.3. The Morgan fingerprint density at radius 3 is 2.48 bits per heavy atom. The van der Waals surface area contributed by atoms with Crippen LogP contribution in [0.4, 0.5) is 0 Å². The predicted molar refractivity (Wildman–Crippen MR) is 84.6 cm³/mol. The molecule has 0 aliphatic carbocycles. The van der Waals surface area contributed by atoms with E-state index in [-0.39, 0.29) is 23.2 Å². The molecule has 0 N–H and O–H groups in total. The Bertz CT molecular complexity index is 590. The second-order valence-corrected chi connectivity index (χ2v) is 7.49. The number of carbonyl (C=O) groups excluding carboxylic acids is 1. The second-order valence-electron chi connectivity index (χ2n) is 5.38. The summed E-state index contributed by atoms with van der Waals surface area (Å²) < 4.78 is 30.0. The Balaban J connectivity index is 3.08. The molecule has 21 heavy (non-hydrogen) atoms. The Labute approximate surface area is 127 Å². The van der Waals surface area contributed by atoms with E-state index in [0.29, 0.717) is 23.5 Å². The number of ether oxygens (including phenoxy) is 1. The summed E-state index contributed by atoms with van der Waals surface area (Å²) in [5.74, 6) is 0.642. The van der Waals surface area contributed by atoms with E-state index >= 15 is 0 Å². The van der Waals surface area contributed by atoms with E-state index in [9.17, 15) is 13.2 Å². The van der Waals surface area contributed by atoms with Crippen molar-refractivity contribution in [1.29, 1.82) is 0 Å². The molecule has 1 atom stereocenters. The van der Waals surface area contributed by atoms with E-state index in [4.69, 9.17) is 4.74 Å². The maximum atomic E-state index is 12.3. The molecule has 1 aromatic rings. The second kappa shape index (κ2) is 7.59. The molecule has 0 fully saturated rings. The van der Waals surface area contributed by atoms with Gasteiger partial charge < -0.3 is 4.74 Å². The van der Waals surface area contributed by atoms with E-state index < -0.39 is 9.84 Å². The van der Waals surface area contributed by atoms with E-state index in [1.54, 1.807) is 18.2 Å². The minimum Gasteiger partial charge on any atom is -0.494 e. The Morgan fingerprint density at radius 1 is 1.29 bits per heavy atom. The van der Waals surface area contributed by atoms with Gasteiger partial charge in [-0.2, -0.15) is 0 Å². The summed E-state index contributed by atoms with van der Waals surface area (Å²) >= 11 is 0. The third-order valence-corrected chi connectivity index (χ3v) is 5.21. The average Bonchev–Trinajstić information content (AvgIpc) is 2.39. The molecular formula is C16H24O4S. The van der Waals surface area contributed by atoms with Crippen molar-refractivity contribution in [2.75, 3.05) is 12.4 Å². The van der Waals surface area contributed by atoms with Crippen molar-refractivity contribution in [3.8, 4) is 5.75 Å². The van der Waals surface area contributed by atoms with Gasteiger partial charge in [0.15, 0.2) is 15.6 Å². The summed E-state index contributed by atoms with van der Waals surface area (Å²) in [7, 11) is -3.22. The monoisotopic (exact) mass is 312 g/mol. The molecule has 0 aromatic heterocycles. The highest BCUT2D eigenvalue weighted by atomic mass is 32.2. The summed E-state index contributed by atoms with van der Waals surface area (Å²) in [6, 6.07) is 4.97. The molecule has 1 aromatic carbocycles. The zero-order valence-electron chi connectivity index (χ0n) is 13.2. The molecule has 5 heteroatoms. The highest BCUT2D eigenvalue weighted by molar-refractivity contribution is 7.90. The van der Waals surface area contributed by atoms with E-state index in [1.807, 2.05) is 20.8 Å². The van der Waals surface area contributed by atoms with Crippen LogP contribution >= 0.6 is 0 Å². The van der Waals surface area contributed by atoms with Crippen molar-refractivity contribution >= 4 is 15.6 Å². The first-order valence-electron chi connectivity index (χ1n) is 7.26. The molecule has 0 aliphatic rings. The van der Waals surface area contributed by atoms with Crippen molar-refractivity contribution in [3.05, 3.63) is 29.3 Å². The SMILES string of the molecule is CCOc1ccc(C(C)=O)cc1CS(=O)(=O)CC(C)CC. The van der Waals surface area contributed by atoms with Crippen LogP contribution in [0.15, 0.2) is 18.2 Å². The number of rotatable bonds is 8. The number of hydrogen-bond acceptors (Lipinski definition) is 4. The molecule has 0 heterocycles. The lowest BCUT2D eigenvalue weighted by atomic mass is 10.1. The lowest BCUT2D eigenvalue weighted by Gasteiger charge is -2.13. The first-order chi connectivity index (χ1) is 9.79. The van der Waals surface area contributed by atoms with Crippen LogP contribution in [0.5, 0.6) is 5.75 Å². The van der Waals surface area contributed by atoms with Crippen LogP contribution in [-0.4, -0.2) is 26.6 Å². The van der Waals surface area contributed by atoms with Crippen LogP contribution in [0.3, 0.4) is 0 Å². The maximum Gasteiger partial charge on any atom is 0.159 e. The molecule has 0 amide bonds. The van der Waals surface area contributed by atoms with Gasteiger partial charge in [-0.3, -0.25) is 4.79 Å². The van der Waals surface area contributed by atoms with Gasteiger partial charge in [-0.25, -0.2) is 8.42 Å². The molecule has 118 valence electrons. The van der Waals surface area contributed by atoms with Gasteiger partial charge in [-0.15, -0.1) is 0 Å². The lowest BCUT2D eigenvalue weighted by Crippen LogP contribution is -2.16. The van der Waals surface area contributed by atoms with Crippen LogP contribution in [0, 0.1) is 5.92 Å². The summed E-state index contributed by atoms with van der Waals surface area (Å²) in [5.41, 5.74) is 1.07. The topological polar surface area (TPSA) is 60.4 Å². The standard InChI is InChI=1S/C16H24O4S/c1-5-12(3)10-21(18,19)11-15-9-14(13(4)17)7-8-16(15)20-6-2/h7-9,12H,5-6,10-11H2,1-4H3. The van der Waals surface area contributed by atoms with Crippen LogP contribution in [0.2, 0.25) is 0 Å². The van der Waals surface area contributed by atoms with Gasteiger partial charge in [0.1, 0.15) is 5.75 Å². The normalized spacial score (nSPS) is 13.0. The van der Waals surface area contributed by atoms with E-state index in [0.717, 1.165) is 6.42 Å². The fraction of sp³-hybridized carbons (Fsp3) is 0.562. The zero-order chi connectivity index (χ0) is 16.0. The van der Waals surface area contributed by atoms with Crippen LogP contribution in [0.1, 0.15) is 50.0 Å². The zero-order valence-corrected chi connectivity index (χ0v) is 14.0. The molecule has 1 rings (SSSR count). The molecule has 0 saturated heterocycles. The van der Waals surface area contributed by atoms with Gasteiger partial charge in [0.2, 0.25) is 0 Å². The molecule has 1 unspecified atom stereocenters. The van der Waals surface area contributed by atoms with Crippen molar-refractivity contribution in [2.45, 2.75) is 39.9 Å². The van der Waals surface area contributed by atoms with Crippen molar-refractivity contribution < 1.29 is 17.9 Å². The first kappa shape index (κ1) is 17.7. The Kier molecular flexibility index (Phi) is 6.40. The molecule has 4 nitrogen and oxygen atoms in total. The van der Waals surface area contributed by atoms with E-state index in [1.165, 1.54) is 6.92 Å².